The van der Waals surface area contributed by atoms with E-state index in [-0.39, 0.29) is 17.1 Å². The lowest BCUT2D eigenvalue weighted by Gasteiger charge is -2.16. The highest BCUT2D eigenvalue weighted by atomic mass is 32.2. The highest BCUT2D eigenvalue weighted by molar-refractivity contribution is 8.00. The van der Waals surface area contributed by atoms with Gasteiger partial charge in [-0.2, -0.15) is 0 Å². The molecule has 0 aromatic heterocycles. The minimum Gasteiger partial charge on any atom is -0.468 e. The van der Waals surface area contributed by atoms with Crippen LogP contribution in [0, 0.1) is 11.8 Å². The van der Waals surface area contributed by atoms with E-state index < -0.39 is 0 Å². The van der Waals surface area contributed by atoms with E-state index in [0.717, 1.165) is 12.2 Å². The number of nitrogens with zero attached hydrogens (tertiary/aromatic N) is 1. The molecule has 80 valence electrons. The van der Waals surface area contributed by atoms with E-state index in [1.807, 2.05) is 0 Å². The summed E-state index contributed by atoms with van der Waals surface area (Å²) in [5, 5.41) is 11.3. The van der Waals surface area contributed by atoms with Gasteiger partial charge in [-0.15, -0.1) is 16.9 Å². The van der Waals surface area contributed by atoms with Crippen LogP contribution in [0.3, 0.4) is 0 Å². The molecule has 0 bridgehead atoms. The molecule has 3 atom stereocenters. The van der Waals surface area contributed by atoms with Gasteiger partial charge < -0.3 is 9.94 Å². The molecule has 3 unspecified atom stereocenters. The first-order chi connectivity index (χ1) is 6.74. The van der Waals surface area contributed by atoms with Gasteiger partial charge in [0.2, 0.25) is 0 Å². The summed E-state index contributed by atoms with van der Waals surface area (Å²) in [7, 11) is 1.38. The van der Waals surface area contributed by atoms with Crippen molar-refractivity contribution < 1.29 is 14.7 Å². The minimum atomic E-state index is -0.226. The molecule has 1 rings (SSSR count). The predicted octanol–water partition coefficient (Wildman–Crippen LogP) is 1.38. The quantitative estimate of drug-likeness (QED) is 0.336. The van der Waals surface area contributed by atoms with Crippen LogP contribution in [0.1, 0.15) is 13.3 Å². The minimum absolute atomic E-state index is 0.00227. The zero-order valence-corrected chi connectivity index (χ0v) is 9.16. The summed E-state index contributed by atoms with van der Waals surface area (Å²) in [4.78, 5) is 11.4. The van der Waals surface area contributed by atoms with Gasteiger partial charge in [0.15, 0.2) is 0 Å². The van der Waals surface area contributed by atoms with Gasteiger partial charge in [-0.3, -0.25) is 4.79 Å². The van der Waals surface area contributed by atoms with Crippen LogP contribution in [-0.4, -0.2) is 35.5 Å². The van der Waals surface area contributed by atoms with Gasteiger partial charge in [0.25, 0.3) is 0 Å². The molecule has 0 aliphatic carbocycles. The fraction of sp³-hybridized carbons (Fsp3) is 0.778. The van der Waals surface area contributed by atoms with Crippen molar-refractivity contribution in [2.75, 3.05) is 12.9 Å². The second-order valence-corrected chi connectivity index (χ2v) is 4.46. The molecular weight excluding hydrogens is 202 g/mol. The molecule has 0 aromatic rings. The van der Waals surface area contributed by atoms with Crippen molar-refractivity contribution in [3.8, 4) is 0 Å². The fourth-order valence-electron chi connectivity index (χ4n) is 1.70. The standard InChI is InChI=1S/C9H15NO3S/c1-3-6-5-14-8(9(11)13-2)7(6)4-10-12/h4,6-8,12H,3,5H2,1-2H3/b10-4-. The first kappa shape index (κ1) is 11.4. The summed E-state index contributed by atoms with van der Waals surface area (Å²) in [6.45, 7) is 2.07. The van der Waals surface area contributed by atoms with Crippen molar-refractivity contribution in [1.29, 1.82) is 0 Å². The van der Waals surface area contributed by atoms with Crippen LogP contribution in [0.2, 0.25) is 0 Å². The molecule has 14 heavy (non-hydrogen) atoms. The molecule has 1 aliphatic rings. The average molecular weight is 217 g/mol. The molecule has 0 saturated carbocycles. The Morgan fingerprint density at radius 2 is 2.50 bits per heavy atom. The molecule has 5 heteroatoms. The monoisotopic (exact) mass is 217 g/mol. The third-order valence-corrected chi connectivity index (χ3v) is 4.07. The van der Waals surface area contributed by atoms with Crippen molar-refractivity contribution in [1.82, 2.24) is 0 Å². The summed E-state index contributed by atoms with van der Waals surface area (Å²) < 4.78 is 4.70. The number of carbonyl (C=O) groups is 1. The normalized spacial score (nSPS) is 32.3. The lowest BCUT2D eigenvalue weighted by Crippen LogP contribution is -2.28. The Labute approximate surface area is 87.7 Å². The van der Waals surface area contributed by atoms with E-state index in [9.17, 15) is 4.79 Å². The molecular formula is C9H15NO3S. The Kier molecular flexibility index (Phi) is 4.25. The van der Waals surface area contributed by atoms with Crippen LogP contribution in [-0.2, 0) is 9.53 Å². The Hall–Kier alpha value is -0.710. The molecule has 0 radical (unpaired) electrons. The van der Waals surface area contributed by atoms with Crippen LogP contribution < -0.4 is 0 Å². The van der Waals surface area contributed by atoms with Gasteiger partial charge in [0.05, 0.1) is 7.11 Å². The van der Waals surface area contributed by atoms with E-state index in [1.54, 1.807) is 11.8 Å². The first-order valence-electron chi connectivity index (χ1n) is 4.61. The van der Waals surface area contributed by atoms with Crippen molar-refractivity contribution >= 4 is 23.9 Å². The van der Waals surface area contributed by atoms with Gasteiger partial charge >= 0.3 is 5.97 Å². The van der Waals surface area contributed by atoms with Crippen molar-refractivity contribution in [2.24, 2.45) is 17.0 Å². The first-order valence-corrected chi connectivity index (χ1v) is 5.66. The molecule has 1 heterocycles. The Morgan fingerprint density at radius 1 is 1.79 bits per heavy atom. The third kappa shape index (κ3) is 2.20. The summed E-state index contributed by atoms with van der Waals surface area (Å²) in [6, 6.07) is 0. The van der Waals surface area contributed by atoms with Gasteiger partial charge in [-0.1, -0.05) is 13.3 Å². The lowest BCUT2D eigenvalue weighted by atomic mass is 9.90. The largest absolute Gasteiger partial charge is 0.468 e. The zero-order chi connectivity index (χ0) is 10.6. The van der Waals surface area contributed by atoms with Crippen LogP contribution in [0.15, 0.2) is 5.16 Å². The van der Waals surface area contributed by atoms with Gasteiger partial charge in [-0.05, 0) is 11.7 Å². The molecule has 1 N–H and O–H groups in total. The van der Waals surface area contributed by atoms with Crippen LogP contribution in [0.5, 0.6) is 0 Å². The van der Waals surface area contributed by atoms with Crippen LogP contribution in [0.4, 0.5) is 0 Å². The fourth-order valence-corrected chi connectivity index (χ4v) is 3.36. The summed E-state index contributed by atoms with van der Waals surface area (Å²) >= 11 is 1.58. The van der Waals surface area contributed by atoms with Crippen LogP contribution >= 0.6 is 11.8 Å². The SMILES string of the molecule is CCC1CSC(C(=O)OC)C1/C=N\O. The van der Waals surface area contributed by atoms with E-state index in [2.05, 4.69) is 12.1 Å². The van der Waals surface area contributed by atoms with E-state index in [0.29, 0.717) is 5.92 Å². The van der Waals surface area contributed by atoms with E-state index in [4.69, 9.17) is 9.94 Å². The maximum Gasteiger partial charge on any atom is 0.319 e. The number of rotatable bonds is 3. The number of methoxy groups -OCH3 is 1. The molecule has 1 fully saturated rings. The zero-order valence-electron chi connectivity index (χ0n) is 8.34. The number of thioether (sulfide) groups is 1. The Morgan fingerprint density at radius 3 is 3.00 bits per heavy atom. The number of ether oxygens (including phenoxy) is 1. The summed E-state index contributed by atoms with van der Waals surface area (Å²) in [5.41, 5.74) is 0. The molecule has 0 amide bonds. The molecule has 0 aromatic carbocycles. The highest BCUT2D eigenvalue weighted by Gasteiger charge is 2.39. The molecule has 1 aliphatic heterocycles. The van der Waals surface area contributed by atoms with E-state index in [1.165, 1.54) is 13.3 Å². The van der Waals surface area contributed by atoms with Crippen LogP contribution in [0.25, 0.3) is 0 Å². The molecule has 1 saturated heterocycles. The van der Waals surface area contributed by atoms with Gasteiger partial charge in [0.1, 0.15) is 5.25 Å². The summed E-state index contributed by atoms with van der Waals surface area (Å²) in [6.07, 6.45) is 2.44. The molecule has 4 nitrogen and oxygen atoms in total. The van der Waals surface area contributed by atoms with Gasteiger partial charge in [0, 0.05) is 12.1 Å². The van der Waals surface area contributed by atoms with Crippen molar-refractivity contribution in [3.05, 3.63) is 0 Å². The molecule has 0 spiro atoms. The summed E-state index contributed by atoms with van der Waals surface area (Å²) in [5.74, 6) is 1.10. The Bertz CT molecular complexity index is 232. The second-order valence-electron chi connectivity index (χ2n) is 3.29. The van der Waals surface area contributed by atoms with Crippen molar-refractivity contribution in [2.45, 2.75) is 18.6 Å². The van der Waals surface area contributed by atoms with E-state index >= 15 is 0 Å². The maximum atomic E-state index is 11.4. The lowest BCUT2D eigenvalue weighted by molar-refractivity contribution is -0.140. The predicted molar refractivity (Wildman–Crippen MR) is 55.8 cm³/mol. The maximum absolute atomic E-state index is 11.4. The number of hydrogen-bond acceptors (Lipinski definition) is 5. The number of esters is 1. The Balaban J connectivity index is 2.72. The highest BCUT2D eigenvalue weighted by Crippen LogP contribution is 2.38. The number of hydrogen-bond donors (Lipinski definition) is 1. The average Bonchev–Trinajstić information content (AvgIpc) is 2.60. The number of carbonyl (C=O) groups excluding carboxylic acids is 1. The third-order valence-electron chi connectivity index (χ3n) is 2.58. The van der Waals surface area contributed by atoms with Crippen molar-refractivity contribution in [3.63, 3.8) is 0 Å². The van der Waals surface area contributed by atoms with Gasteiger partial charge in [-0.25, -0.2) is 0 Å². The smallest absolute Gasteiger partial charge is 0.319 e. The number of oxime groups is 1. The topological polar surface area (TPSA) is 58.9 Å². The second kappa shape index (κ2) is 5.24.